The molecule has 3 aliphatic heterocycles. The third kappa shape index (κ3) is 3.56. The molecule has 0 radical (unpaired) electrons. The normalized spacial score (nSPS) is 25.4. The average molecular weight is 527 g/mol. The molecular weight excluding hydrogens is 500 g/mol. The molecule has 0 amide bonds. The number of aryl methyl sites for hydroxylation is 1. The van der Waals surface area contributed by atoms with Crippen molar-refractivity contribution in [1.29, 1.82) is 0 Å². The Kier molecular flexibility index (Phi) is 5.53. The van der Waals surface area contributed by atoms with Crippen LogP contribution in [0.3, 0.4) is 0 Å². The number of hydrogen-bond donors (Lipinski definition) is 0. The van der Waals surface area contributed by atoms with Crippen molar-refractivity contribution < 1.29 is 14.3 Å². The second-order valence-corrected chi connectivity index (χ2v) is 10.7. The van der Waals surface area contributed by atoms with Gasteiger partial charge in [0.2, 0.25) is 0 Å². The molecule has 4 atom stereocenters. The van der Waals surface area contributed by atoms with E-state index in [1.807, 2.05) is 54.1 Å². The van der Waals surface area contributed by atoms with E-state index in [1.54, 1.807) is 13.4 Å². The molecule has 4 unspecified atom stereocenters. The van der Waals surface area contributed by atoms with Crippen molar-refractivity contribution in [3.05, 3.63) is 88.3 Å². The van der Waals surface area contributed by atoms with Gasteiger partial charge in [-0.2, -0.15) is 5.10 Å². The molecule has 8 heteroatoms. The molecule has 3 aromatic rings. The minimum absolute atomic E-state index is 0.0650. The number of carbonyl (C=O) groups is 1. The molecule has 4 aliphatic rings. The van der Waals surface area contributed by atoms with Crippen LogP contribution in [0.1, 0.15) is 42.1 Å². The molecule has 1 saturated carbocycles. The number of hydrogen-bond acceptors (Lipinski definition) is 6. The van der Waals surface area contributed by atoms with E-state index in [-0.39, 0.29) is 23.9 Å². The van der Waals surface area contributed by atoms with Crippen molar-refractivity contribution in [3.8, 4) is 5.69 Å². The smallest absolute Gasteiger partial charge is 0.171 e. The Labute approximate surface area is 226 Å². The number of rotatable bonds is 3. The van der Waals surface area contributed by atoms with E-state index in [4.69, 9.17) is 31.2 Å². The van der Waals surface area contributed by atoms with Crippen molar-refractivity contribution in [2.75, 3.05) is 12.0 Å². The number of para-hydroxylation sites is 1. The Morgan fingerprint density at radius 1 is 1.08 bits per heavy atom. The third-order valence-electron chi connectivity index (χ3n) is 8.12. The third-order valence-corrected chi connectivity index (χ3v) is 8.37. The highest BCUT2D eigenvalue weighted by atomic mass is 35.5. The zero-order chi connectivity index (χ0) is 26.0. The number of halogens is 1. The van der Waals surface area contributed by atoms with E-state index in [2.05, 4.69) is 23.1 Å². The van der Waals surface area contributed by atoms with Gasteiger partial charge in [0, 0.05) is 17.7 Å². The van der Waals surface area contributed by atoms with Crippen LogP contribution >= 0.6 is 11.6 Å². The number of nitrogens with zero attached hydrogens (tertiary/aromatic N) is 4. The van der Waals surface area contributed by atoms with Crippen molar-refractivity contribution in [1.82, 2.24) is 9.78 Å². The summed E-state index contributed by atoms with van der Waals surface area (Å²) in [6, 6.07) is 15.3. The fourth-order valence-corrected chi connectivity index (χ4v) is 6.34. The lowest BCUT2D eigenvalue weighted by Gasteiger charge is -2.43. The van der Waals surface area contributed by atoms with Crippen molar-refractivity contribution in [2.45, 2.75) is 44.4 Å². The zero-order valence-corrected chi connectivity index (χ0v) is 21.9. The topological polar surface area (TPSA) is 69.0 Å². The summed E-state index contributed by atoms with van der Waals surface area (Å²) in [6.07, 6.45) is 8.10. The van der Waals surface area contributed by atoms with Gasteiger partial charge in [-0.25, -0.2) is 9.67 Å². The van der Waals surface area contributed by atoms with Crippen LogP contribution in [-0.4, -0.2) is 40.7 Å². The van der Waals surface area contributed by atoms with Gasteiger partial charge in [0.15, 0.2) is 11.6 Å². The number of anilines is 1. The van der Waals surface area contributed by atoms with Gasteiger partial charge >= 0.3 is 0 Å². The first-order valence-corrected chi connectivity index (χ1v) is 13.3. The molecule has 7 rings (SSSR count). The molecule has 4 heterocycles. The van der Waals surface area contributed by atoms with E-state index in [0.717, 1.165) is 46.9 Å². The largest absolute Gasteiger partial charge is 0.497 e. The van der Waals surface area contributed by atoms with Gasteiger partial charge in [-0.15, -0.1) is 0 Å². The molecule has 0 bridgehead atoms. The number of amidine groups is 1. The van der Waals surface area contributed by atoms with Crippen LogP contribution in [0, 0.1) is 12.8 Å². The maximum absolute atomic E-state index is 14.2. The maximum Gasteiger partial charge on any atom is 0.171 e. The Balaban J connectivity index is 1.42. The van der Waals surface area contributed by atoms with E-state index in [9.17, 15) is 4.79 Å². The van der Waals surface area contributed by atoms with Crippen molar-refractivity contribution in [2.24, 2.45) is 10.9 Å². The van der Waals surface area contributed by atoms with Crippen LogP contribution in [0.5, 0.6) is 0 Å². The molecule has 1 fully saturated rings. The second-order valence-electron chi connectivity index (χ2n) is 10.2. The lowest BCUT2D eigenvalue weighted by molar-refractivity contribution is -0.130. The number of aliphatic imine (C=N–C) groups is 1. The van der Waals surface area contributed by atoms with E-state index in [1.165, 1.54) is 0 Å². The highest BCUT2D eigenvalue weighted by Gasteiger charge is 2.47. The summed E-state index contributed by atoms with van der Waals surface area (Å²) >= 11 is 6.16. The van der Waals surface area contributed by atoms with Gasteiger partial charge in [0.05, 0.1) is 47.0 Å². The first kappa shape index (κ1) is 23.4. The van der Waals surface area contributed by atoms with Crippen molar-refractivity contribution >= 4 is 40.8 Å². The molecule has 1 aliphatic carbocycles. The summed E-state index contributed by atoms with van der Waals surface area (Å²) in [7, 11) is 1.72. The van der Waals surface area contributed by atoms with Crippen LogP contribution in [0.2, 0.25) is 5.02 Å². The first-order valence-electron chi connectivity index (χ1n) is 13.0. The standard InChI is InChI=1S/C30H27ClN4O3/c1-17-27-28(23-16-38-25-13-12-21(37-2)15-22(25)29(23)36)34-24-6-4-3-5-18(24)7-14-26(34)32-30(27)35(33-17)20-10-8-19(31)9-11-20/h3-11,14,16,21-22,25,28H,12-13,15H2,1-2H3. The predicted molar refractivity (Wildman–Crippen MR) is 147 cm³/mol. The molecule has 7 nitrogen and oxygen atoms in total. The number of benzene rings is 2. The second kappa shape index (κ2) is 8.96. The Morgan fingerprint density at radius 2 is 1.89 bits per heavy atom. The summed E-state index contributed by atoms with van der Waals surface area (Å²) in [5.41, 5.74) is 5.25. The Hall–Kier alpha value is -3.68. The van der Waals surface area contributed by atoms with Gasteiger partial charge in [0.25, 0.3) is 0 Å². The fourth-order valence-electron chi connectivity index (χ4n) is 6.22. The number of aromatic nitrogens is 2. The average Bonchev–Trinajstić information content (AvgIpc) is 3.28. The Morgan fingerprint density at radius 3 is 2.71 bits per heavy atom. The van der Waals surface area contributed by atoms with Gasteiger partial charge in [0.1, 0.15) is 11.9 Å². The van der Waals surface area contributed by atoms with Crippen LogP contribution < -0.4 is 4.90 Å². The molecule has 1 aromatic heterocycles. The number of carbonyl (C=O) groups excluding carboxylic acids is 1. The van der Waals surface area contributed by atoms with E-state index < -0.39 is 6.04 Å². The molecular formula is C30H27ClN4O3. The number of fused-ring (bicyclic) bond motifs is 5. The molecule has 0 spiro atoms. The summed E-state index contributed by atoms with van der Waals surface area (Å²) < 4.78 is 13.8. The number of ketones is 1. The summed E-state index contributed by atoms with van der Waals surface area (Å²) in [4.78, 5) is 21.5. The quantitative estimate of drug-likeness (QED) is 0.411. The molecule has 0 N–H and O–H groups in total. The lowest BCUT2D eigenvalue weighted by Crippen LogP contribution is -2.46. The van der Waals surface area contributed by atoms with Crippen LogP contribution in [0.25, 0.3) is 11.8 Å². The lowest BCUT2D eigenvalue weighted by atomic mass is 9.76. The number of Topliss-reactive ketones (excluding diaryl/α,β-unsaturated/α-hetero) is 1. The van der Waals surface area contributed by atoms with Crippen LogP contribution in [0.4, 0.5) is 11.5 Å². The van der Waals surface area contributed by atoms with Gasteiger partial charge in [-0.05, 0) is 74.2 Å². The van der Waals surface area contributed by atoms with E-state index in [0.29, 0.717) is 22.8 Å². The van der Waals surface area contributed by atoms with Crippen LogP contribution in [-0.2, 0) is 14.3 Å². The minimum Gasteiger partial charge on any atom is -0.497 e. The monoisotopic (exact) mass is 526 g/mol. The number of methoxy groups -OCH3 is 1. The summed E-state index contributed by atoms with van der Waals surface area (Å²) in [5, 5.41) is 5.55. The highest BCUT2D eigenvalue weighted by molar-refractivity contribution is 6.30. The minimum atomic E-state index is -0.430. The van der Waals surface area contributed by atoms with Gasteiger partial charge in [-0.1, -0.05) is 29.8 Å². The van der Waals surface area contributed by atoms with Crippen LogP contribution in [0.15, 0.2) is 71.4 Å². The van der Waals surface area contributed by atoms with Gasteiger partial charge < -0.3 is 14.4 Å². The fraction of sp³-hybridized carbons (Fsp3) is 0.300. The highest BCUT2D eigenvalue weighted by Crippen LogP contribution is 2.49. The van der Waals surface area contributed by atoms with Crippen molar-refractivity contribution in [3.63, 3.8) is 0 Å². The Bertz CT molecular complexity index is 1540. The zero-order valence-electron chi connectivity index (χ0n) is 21.2. The SMILES string of the molecule is COC1CCC2OC=C(C3c4c(C)nn(-c5ccc(Cl)cc5)c4N=C4C=Cc5ccccc5N43)C(=O)C2C1. The summed E-state index contributed by atoms with van der Waals surface area (Å²) in [5.74, 6) is 1.34. The number of ether oxygens (including phenoxy) is 2. The molecule has 0 saturated heterocycles. The first-order chi connectivity index (χ1) is 18.5. The van der Waals surface area contributed by atoms with Gasteiger partial charge in [-0.3, -0.25) is 4.79 Å². The maximum atomic E-state index is 14.2. The predicted octanol–water partition coefficient (Wildman–Crippen LogP) is 6.12. The molecule has 2 aromatic carbocycles. The van der Waals surface area contributed by atoms with E-state index >= 15 is 0 Å². The summed E-state index contributed by atoms with van der Waals surface area (Å²) in [6.45, 7) is 1.98. The molecule has 192 valence electrons. The molecule has 38 heavy (non-hydrogen) atoms.